The highest BCUT2D eigenvalue weighted by Crippen LogP contribution is 2.29. The summed E-state index contributed by atoms with van der Waals surface area (Å²) in [5.41, 5.74) is 5.21. The van der Waals surface area contributed by atoms with Gasteiger partial charge in [0.2, 0.25) is 5.91 Å². The summed E-state index contributed by atoms with van der Waals surface area (Å²) in [6.07, 6.45) is 4.12. The lowest BCUT2D eigenvalue weighted by Gasteiger charge is -2.34. The Morgan fingerprint density at radius 2 is 2.10 bits per heavy atom. The van der Waals surface area contributed by atoms with Gasteiger partial charge in [0.1, 0.15) is 0 Å². The van der Waals surface area contributed by atoms with Gasteiger partial charge in [0, 0.05) is 36.6 Å². The fourth-order valence-electron chi connectivity index (χ4n) is 2.16. The Morgan fingerprint density at radius 1 is 1.40 bits per heavy atom. The van der Waals surface area contributed by atoms with Crippen molar-refractivity contribution in [1.29, 1.82) is 0 Å². The van der Waals surface area contributed by atoms with Crippen molar-refractivity contribution in [2.24, 2.45) is 11.1 Å². The van der Waals surface area contributed by atoms with Crippen molar-refractivity contribution in [1.82, 2.24) is 10.3 Å². The number of halogens is 1. The van der Waals surface area contributed by atoms with Crippen molar-refractivity contribution in [2.45, 2.75) is 12.8 Å². The van der Waals surface area contributed by atoms with Gasteiger partial charge in [-0.25, -0.2) is 0 Å². The number of pyridine rings is 1. The summed E-state index contributed by atoms with van der Waals surface area (Å²) in [5, 5.41) is 2.76. The van der Waals surface area contributed by atoms with Gasteiger partial charge < -0.3 is 15.8 Å². The molecule has 1 aromatic rings. The first-order chi connectivity index (χ1) is 9.53. The summed E-state index contributed by atoms with van der Waals surface area (Å²) in [6.45, 7) is 1.19. The van der Waals surface area contributed by atoms with Crippen LogP contribution in [0.15, 0.2) is 22.9 Å². The van der Waals surface area contributed by atoms with Crippen LogP contribution in [-0.4, -0.2) is 36.6 Å². The Kier molecular flexibility index (Phi) is 4.72. The van der Waals surface area contributed by atoms with Crippen LogP contribution in [0.1, 0.15) is 23.2 Å². The molecule has 0 saturated carbocycles. The molecule has 0 spiro atoms. The third kappa shape index (κ3) is 3.34. The number of ether oxygens (including phenoxy) is 1. The Hall–Kier alpha value is -1.47. The number of aromatic nitrogens is 1. The summed E-state index contributed by atoms with van der Waals surface area (Å²) in [4.78, 5) is 27.7. The molecule has 0 atom stereocenters. The van der Waals surface area contributed by atoms with Crippen molar-refractivity contribution >= 4 is 27.7 Å². The molecule has 3 N–H and O–H groups in total. The number of nitrogens with zero attached hydrogens (tertiary/aromatic N) is 1. The fourth-order valence-corrected chi connectivity index (χ4v) is 2.52. The summed E-state index contributed by atoms with van der Waals surface area (Å²) < 4.78 is 5.97. The minimum Gasteiger partial charge on any atom is -0.381 e. The SMILES string of the molecule is NC(=O)C1(CNC(=O)c2cncc(Br)c2)CCOCC1. The third-order valence-electron chi connectivity index (χ3n) is 3.53. The molecule has 0 bridgehead atoms. The number of carbonyl (C=O) groups is 2. The lowest BCUT2D eigenvalue weighted by atomic mass is 9.79. The molecular formula is C13H16BrN3O3. The van der Waals surface area contributed by atoms with Gasteiger partial charge in [0.25, 0.3) is 5.91 Å². The van der Waals surface area contributed by atoms with Crippen molar-refractivity contribution in [3.63, 3.8) is 0 Å². The molecule has 1 aliphatic rings. The predicted molar refractivity (Wildman–Crippen MR) is 76.0 cm³/mol. The Morgan fingerprint density at radius 3 is 2.70 bits per heavy atom. The van der Waals surface area contributed by atoms with Gasteiger partial charge in [-0.2, -0.15) is 0 Å². The van der Waals surface area contributed by atoms with Gasteiger partial charge in [0.05, 0.1) is 11.0 Å². The zero-order chi connectivity index (χ0) is 14.6. The zero-order valence-corrected chi connectivity index (χ0v) is 12.5. The van der Waals surface area contributed by atoms with Gasteiger partial charge >= 0.3 is 0 Å². The van der Waals surface area contributed by atoms with E-state index in [1.807, 2.05) is 0 Å². The number of nitrogens with two attached hydrogens (primary N) is 1. The lowest BCUT2D eigenvalue weighted by Crippen LogP contribution is -2.49. The van der Waals surface area contributed by atoms with E-state index in [9.17, 15) is 9.59 Å². The Labute approximate surface area is 125 Å². The Balaban J connectivity index is 2.02. The van der Waals surface area contributed by atoms with Gasteiger partial charge in [-0.05, 0) is 34.8 Å². The molecule has 1 aromatic heterocycles. The normalized spacial score (nSPS) is 17.4. The van der Waals surface area contributed by atoms with Crippen LogP contribution in [0.25, 0.3) is 0 Å². The van der Waals surface area contributed by atoms with Crippen LogP contribution in [0.2, 0.25) is 0 Å². The molecule has 0 radical (unpaired) electrons. The van der Waals surface area contributed by atoms with E-state index < -0.39 is 11.3 Å². The number of hydrogen-bond acceptors (Lipinski definition) is 4. The second-order valence-corrected chi connectivity index (χ2v) is 5.75. The molecule has 1 saturated heterocycles. The van der Waals surface area contributed by atoms with Gasteiger partial charge in [-0.15, -0.1) is 0 Å². The molecule has 0 aromatic carbocycles. The van der Waals surface area contributed by atoms with E-state index in [-0.39, 0.29) is 12.5 Å². The largest absolute Gasteiger partial charge is 0.381 e. The Bertz CT molecular complexity index is 515. The first-order valence-corrected chi connectivity index (χ1v) is 7.09. The van der Waals surface area contributed by atoms with Crippen molar-refractivity contribution in [3.8, 4) is 0 Å². The molecule has 0 aliphatic carbocycles. The molecule has 1 fully saturated rings. The van der Waals surface area contributed by atoms with E-state index in [0.29, 0.717) is 31.6 Å². The van der Waals surface area contributed by atoms with E-state index in [1.54, 1.807) is 12.3 Å². The minimum atomic E-state index is -0.715. The van der Waals surface area contributed by atoms with Crippen LogP contribution in [0, 0.1) is 5.41 Å². The minimum absolute atomic E-state index is 0.219. The van der Waals surface area contributed by atoms with E-state index in [4.69, 9.17) is 10.5 Å². The van der Waals surface area contributed by atoms with Crippen molar-refractivity contribution < 1.29 is 14.3 Å². The molecule has 20 heavy (non-hydrogen) atoms. The first-order valence-electron chi connectivity index (χ1n) is 6.30. The van der Waals surface area contributed by atoms with Crippen LogP contribution in [-0.2, 0) is 9.53 Å². The summed E-state index contributed by atoms with van der Waals surface area (Å²) >= 11 is 3.26. The maximum absolute atomic E-state index is 12.0. The van der Waals surface area contributed by atoms with Crippen molar-refractivity contribution in [3.05, 3.63) is 28.5 Å². The molecule has 2 rings (SSSR count). The standard InChI is InChI=1S/C13H16BrN3O3/c14-10-5-9(6-16-7-10)11(18)17-8-13(12(15)19)1-3-20-4-2-13/h5-7H,1-4,8H2,(H2,15,19)(H,17,18). The highest BCUT2D eigenvalue weighted by atomic mass is 79.9. The van der Waals surface area contributed by atoms with Gasteiger partial charge in [-0.1, -0.05) is 0 Å². The highest BCUT2D eigenvalue weighted by molar-refractivity contribution is 9.10. The number of amides is 2. The van der Waals surface area contributed by atoms with Gasteiger partial charge in [-0.3, -0.25) is 14.6 Å². The van der Waals surface area contributed by atoms with E-state index in [2.05, 4.69) is 26.2 Å². The summed E-state index contributed by atoms with van der Waals surface area (Å²) in [7, 11) is 0. The fraction of sp³-hybridized carbons (Fsp3) is 0.462. The summed E-state index contributed by atoms with van der Waals surface area (Å²) in [6, 6.07) is 1.67. The number of rotatable bonds is 4. The number of carbonyl (C=O) groups excluding carboxylic acids is 2. The second-order valence-electron chi connectivity index (χ2n) is 4.83. The van der Waals surface area contributed by atoms with E-state index in [1.165, 1.54) is 6.20 Å². The van der Waals surface area contributed by atoms with Gasteiger partial charge in [0.15, 0.2) is 0 Å². The van der Waals surface area contributed by atoms with Crippen LogP contribution in [0.3, 0.4) is 0 Å². The predicted octanol–water partition coefficient (Wildman–Crippen LogP) is 0.856. The smallest absolute Gasteiger partial charge is 0.252 e. The molecule has 2 amide bonds. The van der Waals surface area contributed by atoms with Crippen molar-refractivity contribution in [2.75, 3.05) is 19.8 Å². The topological polar surface area (TPSA) is 94.3 Å². The van der Waals surface area contributed by atoms with Crippen LogP contribution in [0.5, 0.6) is 0 Å². The zero-order valence-electron chi connectivity index (χ0n) is 10.9. The molecule has 108 valence electrons. The van der Waals surface area contributed by atoms with Crippen LogP contribution in [0.4, 0.5) is 0 Å². The molecule has 2 heterocycles. The molecular weight excluding hydrogens is 326 g/mol. The molecule has 0 unspecified atom stereocenters. The third-order valence-corrected chi connectivity index (χ3v) is 3.96. The maximum atomic E-state index is 12.0. The number of primary amides is 1. The first kappa shape index (κ1) is 14.9. The summed E-state index contributed by atoms with van der Waals surface area (Å²) in [5.74, 6) is -0.667. The van der Waals surface area contributed by atoms with Crippen LogP contribution >= 0.6 is 15.9 Å². The monoisotopic (exact) mass is 341 g/mol. The molecule has 1 aliphatic heterocycles. The van der Waals surface area contributed by atoms with Crippen LogP contribution < -0.4 is 11.1 Å². The average molecular weight is 342 g/mol. The number of nitrogens with one attached hydrogen (secondary N) is 1. The quantitative estimate of drug-likeness (QED) is 0.848. The van der Waals surface area contributed by atoms with E-state index >= 15 is 0 Å². The molecule has 7 heteroatoms. The molecule has 6 nitrogen and oxygen atoms in total. The maximum Gasteiger partial charge on any atom is 0.252 e. The number of hydrogen-bond donors (Lipinski definition) is 2. The average Bonchev–Trinajstić information content (AvgIpc) is 2.45. The van der Waals surface area contributed by atoms with E-state index in [0.717, 1.165) is 4.47 Å². The second kappa shape index (κ2) is 6.32. The highest BCUT2D eigenvalue weighted by Gasteiger charge is 2.38. The lowest BCUT2D eigenvalue weighted by molar-refractivity contribution is -0.132.